The molecule has 0 aromatic heterocycles. The summed E-state index contributed by atoms with van der Waals surface area (Å²) in [7, 11) is 0. The highest BCUT2D eigenvalue weighted by atomic mass is 19.2. The molecule has 2 aliphatic carbocycles. The van der Waals surface area contributed by atoms with E-state index in [0.29, 0.717) is 29.9 Å². The van der Waals surface area contributed by atoms with Crippen LogP contribution in [-0.2, 0) is 0 Å². The van der Waals surface area contributed by atoms with E-state index in [1.54, 1.807) is 19.1 Å². The molecule has 0 N–H and O–H groups in total. The fourth-order valence-corrected chi connectivity index (χ4v) is 5.62. The molecule has 0 unspecified atom stereocenters. The van der Waals surface area contributed by atoms with Crippen molar-refractivity contribution in [2.45, 2.75) is 70.1 Å². The summed E-state index contributed by atoms with van der Waals surface area (Å²) in [5.74, 6) is -3.08. The molecular weight excluding hydrogens is 456 g/mol. The smallest absolute Gasteiger partial charge is 0.200 e. The van der Waals surface area contributed by atoms with Crippen molar-refractivity contribution in [3.63, 3.8) is 0 Å². The van der Waals surface area contributed by atoms with Gasteiger partial charge in [0.1, 0.15) is 0 Å². The second-order valence-corrected chi connectivity index (χ2v) is 9.87. The van der Waals surface area contributed by atoms with Crippen LogP contribution in [0.25, 0.3) is 0 Å². The van der Waals surface area contributed by atoms with Crippen molar-refractivity contribution in [1.29, 1.82) is 0 Å². The molecule has 2 nitrogen and oxygen atoms in total. The summed E-state index contributed by atoms with van der Waals surface area (Å²) < 4.78 is 69.2. The molecule has 0 heterocycles. The molecule has 2 aromatic carbocycles. The van der Waals surface area contributed by atoms with Gasteiger partial charge in [0.05, 0.1) is 13.2 Å². The Bertz CT molecular complexity index is 1020. The van der Waals surface area contributed by atoms with E-state index in [9.17, 15) is 17.6 Å². The van der Waals surface area contributed by atoms with Crippen LogP contribution >= 0.6 is 0 Å². The van der Waals surface area contributed by atoms with Gasteiger partial charge in [-0.15, -0.1) is 6.58 Å². The average molecular weight is 491 g/mol. The molecule has 4 rings (SSSR count). The molecule has 2 aromatic rings. The monoisotopic (exact) mass is 490 g/mol. The minimum atomic E-state index is -0.940. The Morgan fingerprint density at radius 3 is 1.69 bits per heavy atom. The predicted octanol–water partition coefficient (Wildman–Crippen LogP) is 8.45. The zero-order valence-electron chi connectivity index (χ0n) is 20.3. The maximum atomic E-state index is 14.8. The summed E-state index contributed by atoms with van der Waals surface area (Å²) in [6, 6.07) is 6.29. The van der Waals surface area contributed by atoms with Crippen molar-refractivity contribution in [2.24, 2.45) is 11.8 Å². The molecule has 2 aliphatic rings. The third-order valence-electron chi connectivity index (χ3n) is 7.76. The number of ether oxygens (including phenoxy) is 2. The van der Waals surface area contributed by atoms with Crippen LogP contribution in [0.1, 0.15) is 81.3 Å². The van der Waals surface area contributed by atoms with Crippen LogP contribution in [0, 0.1) is 35.1 Å². The molecule has 2 fully saturated rings. The molecule has 0 saturated heterocycles. The van der Waals surface area contributed by atoms with Gasteiger partial charge in [-0.3, -0.25) is 0 Å². The van der Waals surface area contributed by atoms with Crippen LogP contribution in [0.15, 0.2) is 36.9 Å². The number of halogens is 4. The van der Waals surface area contributed by atoms with Crippen molar-refractivity contribution < 1.29 is 27.0 Å². The molecule has 190 valence electrons. The Kier molecular flexibility index (Phi) is 8.40. The van der Waals surface area contributed by atoms with Gasteiger partial charge in [0.15, 0.2) is 23.1 Å². The molecular formula is C29H34F4O2. The maximum absolute atomic E-state index is 14.8. The van der Waals surface area contributed by atoms with Gasteiger partial charge in [-0.25, -0.2) is 8.78 Å². The largest absolute Gasteiger partial charge is 0.491 e. The molecule has 0 spiro atoms. The van der Waals surface area contributed by atoms with Gasteiger partial charge < -0.3 is 9.47 Å². The van der Waals surface area contributed by atoms with E-state index in [-0.39, 0.29) is 42.5 Å². The lowest BCUT2D eigenvalue weighted by Gasteiger charge is -2.29. The Morgan fingerprint density at radius 2 is 1.20 bits per heavy atom. The molecule has 6 heteroatoms. The predicted molar refractivity (Wildman–Crippen MR) is 129 cm³/mol. The van der Waals surface area contributed by atoms with Crippen molar-refractivity contribution in [1.82, 2.24) is 0 Å². The van der Waals surface area contributed by atoms with Crippen molar-refractivity contribution in [2.75, 3.05) is 13.2 Å². The van der Waals surface area contributed by atoms with Crippen molar-refractivity contribution in [3.8, 4) is 11.5 Å². The molecule has 0 radical (unpaired) electrons. The summed E-state index contributed by atoms with van der Waals surface area (Å²) in [5.41, 5.74) is 0.804. The van der Waals surface area contributed by atoms with Gasteiger partial charge in [-0.1, -0.05) is 18.2 Å². The number of rotatable bonds is 8. The fourth-order valence-electron chi connectivity index (χ4n) is 5.62. The number of hydrogen-bond acceptors (Lipinski definition) is 2. The van der Waals surface area contributed by atoms with E-state index in [1.165, 1.54) is 12.1 Å². The highest BCUT2D eigenvalue weighted by Gasteiger charge is 2.28. The van der Waals surface area contributed by atoms with Crippen LogP contribution in [0.4, 0.5) is 17.6 Å². The van der Waals surface area contributed by atoms with Crippen molar-refractivity contribution >= 4 is 0 Å². The second kappa shape index (κ2) is 11.5. The highest BCUT2D eigenvalue weighted by molar-refractivity contribution is 5.34. The van der Waals surface area contributed by atoms with Crippen molar-refractivity contribution in [3.05, 3.63) is 71.3 Å². The Morgan fingerprint density at radius 1 is 0.714 bits per heavy atom. The molecule has 35 heavy (non-hydrogen) atoms. The van der Waals surface area contributed by atoms with Gasteiger partial charge in [0.2, 0.25) is 11.6 Å². The lowest BCUT2D eigenvalue weighted by Crippen LogP contribution is -2.20. The first-order valence-electron chi connectivity index (χ1n) is 12.8. The van der Waals surface area contributed by atoms with Gasteiger partial charge in [0.25, 0.3) is 0 Å². The van der Waals surface area contributed by atoms with E-state index in [4.69, 9.17) is 9.47 Å². The average Bonchev–Trinajstić information content (AvgIpc) is 2.88. The van der Waals surface area contributed by atoms with E-state index in [0.717, 1.165) is 38.5 Å². The third-order valence-corrected chi connectivity index (χ3v) is 7.76. The number of hydrogen-bond donors (Lipinski definition) is 0. The summed E-state index contributed by atoms with van der Waals surface area (Å²) in [5, 5.41) is 0. The minimum Gasteiger partial charge on any atom is -0.491 e. The Balaban J connectivity index is 1.32. The summed E-state index contributed by atoms with van der Waals surface area (Å²) >= 11 is 0. The van der Waals surface area contributed by atoms with E-state index in [1.807, 2.05) is 6.08 Å². The minimum absolute atomic E-state index is 0.0258. The highest BCUT2D eigenvalue weighted by Crippen LogP contribution is 2.41. The van der Waals surface area contributed by atoms with Gasteiger partial charge in [-0.05, 0) is 105 Å². The lowest BCUT2D eigenvalue weighted by atomic mass is 9.78. The molecule has 0 bridgehead atoms. The number of allylic oxidation sites excluding steroid dienone is 1. The Labute approximate surface area is 205 Å². The van der Waals surface area contributed by atoms with Crippen LogP contribution in [0.3, 0.4) is 0 Å². The molecule has 2 saturated carbocycles. The first-order chi connectivity index (χ1) is 16.9. The summed E-state index contributed by atoms with van der Waals surface area (Å²) in [4.78, 5) is 0. The normalized spacial score (nSPS) is 24.7. The third kappa shape index (κ3) is 5.68. The van der Waals surface area contributed by atoms with Gasteiger partial charge in [-0.2, -0.15) is 8.78 Å². The topological polar surface area (TPSA) is 18.5 Å². The zero-order valence-corrected chi connectivity index (χ0v) is 20.3. The summed E-state index contributed by atoms with van der Waals surface area (Å²) in [6.45, 7) is 6.09. The van der Waals surface area contributed by atoms with Crippen LogP contribution < -0.4 is 9.47 Å². The first-order valence-corrected chi connectivity index (χ1v) is 12.8. The Hall–Kier alpha value is -2.50. The molecule has 0 atom stereocenters. The van der Waals surface area contributed by atoms with Gasteiger partial charge >= 0.3 is 0 Å². The van der Waals surface area contributed by atoms with E-state index in [2.05, 4.69) is 6.58 Å². The lowest BCUT2D eigenvalue weighted by molar-refractivity contribution is 0.191. The number of benzene rings is 2. The quantitative estimate of drug-likeness (QED) is 0.273. The van der Waals surface area contributed by atoms with Gasteiger partial charge in [0, 0.05) is 0 Å². The first kappa shape index (κ1) is 25.6. The second-order valence-electron chi connectivity index (χ2n) is 9.87. The molecule has 0 amide bonds. The molecule has 0 aliphatic heterocycles. The maximum Gasteiger partial charge on any atom is 0.200 e. The fraction of sp³-hybridized carbons (Fsp3) is 0.517. The van der Waals surface area contributed by atoms with E-state index < -0.39 is 23.3 Å². The zero-order chi connectivity index (χ0) is 24.9. The van der Waals surface area contributed by atoms with Crippen LogP contribution in [-0.4, -0.2) is 13.2 Å². The SMILES string of the molecule is C=CC1CCC(c2ccc(OCC3CCC(c4ccc(OCC)c(F)c4F)CC3)c(F)c2F)CC1. The van der Waals surface area contributed by atoms with E-state index >= 15 is 0 Å². The van der Waals surface area contributed by atoms with Crippen LogP contribution in [0.2, 0.25) is 0 Å². The standard InChI is InChI=1S/C29H34F4O2/c1-3-18-5-9-20(10-6-18)23-14-16-25(29(33)27(23)31)35-17-19-7-11-21(12-8-19)22-13-15-24(34-4-2)28(32)26(22)30/h3,13-16,18-21H,1,4-12,17H2,2H3. The summed E-state index contributed by atoms with van der Waals surface area (Å²) in [6.07, 6.45) is 8.35. The van der Waals surface area contributed by atoms with Crippen LogP contribution in [0.5, 0.6) is 11.5 Å².